The van der Waals surface area contributed by atoms with Crippen LogP contribution in [0.4, 0.5) is 0 Å². The van der Waals surface area contributed by atoms with Crippen LogP contribution in [0.1, 0.15) is 29.8 Å². The van der Waals surface area contributed by atoms with E-state index in [4.69, 9.17) is 16.3 Å². The molecule has 0 fully saturated rings. The minimum atomic E-state index is 0.0646. The summed E-state index contributed by atoms with van der Waals surface area (Å²) in [5, 5.41) is 4.41. The van der Waals surface area contributed by atoms with Crippen molar-refractivity contribution in [2.45, 2.75) is 31.7 Å². The van der Waals surface area contributed by atoms with Crippen LogP contribution in [0.3, 0.4) is 0 Å². The third kappa shape index (κ3) is 3.74. The van der Waals surface area contributed by atoms with Gasteiger partial charge in [0.05, 0.1) is 18.7 Å². The first-order chi connectivity index (χ1) is 9.22. The number of hydrogen-bond donors (Lipinski definition) is 0. The van der Waals surface area contributed by atoms with Crippen LogP contribution in [0.15, 0.2) is 36.7 Å². The fourth-order valence-electron chi connectivity index (χ4n) is 1.94. The second-order valence-corrected chi connectivity index (χ2v) is 5.04. The molecule has 2 aromatic rings. The third-order valence-corrected chi connectivity index (χ3v) is 3.72. The molecule has 0 saturated heterocycles. The lowest BCUT2D eigenvalue weighted by atomic mass is 10.1. The van der Waals surface area contributed by atoms with E-state index < -0.39 is 0 Å². The number of halogens is 1. The number of aryl methyl sites for hydroxylation is 2. The molecule has 4 heteroatoms. The molecule has 102 valence electrons. The van der Waals surface area contributed by atoms with E-state index in [0.29, 0.717) is 0 Å². The van der Waals surface area contributed by atoms with E-state index in [0.717, 1.165) is 30.7 Å². The Morgan fingerprint density at radius 1 is 1.32 bits per heavy atom. The molecule has 0 aliphatic rings. The summed E-state index contributed by atoms with van der Waals surface area (Å²) in [6.07, 6.45) is 5.76. The van der Waals surface area contributed by atoms with Gasteiger partial charge in [0.15, 0.2) is 0 Å². The SMILES string of the molecule is CCC(Cl)c1cnn(CCc2ccc(OC)cc2)c1. The highest BCUT2D eigenvalue weighted by Gasteiger charge is 2.07. The number of benzene rings is 1. The van der Waals surface area contributed by atoms with Crippen molar-refractivity contribution in [3.8, 4) is 5.75 Å². The first kappa shape index (κ1) is 13.9. The number of hydrogen-bond acceptors (Lipinski definition) is 2. The van der Waals surface area contributed by atoms with Gasteiger partial charge >= 0.3 is 0 Å². The van der Waals surface area contributed by atoms with Crippen LogP contribution >= 0.6 is 11.6 Å². The number of nitrogens with zero attached hydrogens (tertiary/aromatic N) is 2. The average Bonchev–Trinajstić information content (AvgIpc) is 2.93. The average molecular weight is 279 g/mol. The van der Waals surface area contributed by atoms with Gasteiger partial charge in [0.25, 0.3) is 0 Å². The van der Waals surface area contributed by atoms with Crippen molar-refractivity contribution in [3.63, 3.8) is 0 Å². The molecule has 0 radical (unpaired) electrons. The normalized spacial score (nSPS) is 12.4. The van der Waals surface area contributed by atoms with Crippen LogP contribution in [0.2, 0.25) is 0 Å². The standard InChI is InChI=1S/C15H19ClN2O/c1-3-15(16)13-10-17-18(11-13)9-8-12-4-6-14(19-2)7-5-12/h4-7,10-11,15H,3,8-9H2,1-2H3. The van der Waals surface area contributed by atoms with Crippen LogP contribution in [0.25, 0.3) is 0 Å². The van der Waals surface area contributed by atoms with Crippen molar-refractivity contribution in [2.24, 2.45) is 0 Å². The summed E-state index contributed by atoms with van der Waals surface area (Å²) in [6.45, 7) is 2.94. The van der Waals surface area contributed by atoms with Crippen molar-refractivity contribution in [1.82, 2.24) is 9.78 Å². The highest BCUT2D eigenvalue weighted by Crippen LogP contribution is 2.22. The zero-order valence-corrected chi connectivity index (χ0v) is 12.1. The Hall–Kier alpha value is -1.48. The minimum Gasteiger partial charge on any atom is -0.497 e. The summed E-state index contributed by atoms with van der Waals surface area (Å²) < 4.78 is 7.09. The Balaban J connectivity index is 1.92. The molecule has 0 N–H and O–H groups in total. The van der Waals surface area contributed by atoms with Crippen molar-refractivity contribution < 1.29 is 4.74 Å². The Kier molecular flexibility index (Phi) is 4.86. The van der Waals surface area contributed by atoms with E-state index in [9.17, 15) is 0 Å². The molecule has 0 amide bonds. The maximum absolute atomic E-state index is 6.19. The monoisotopic (exact) mass is 278 g/mol. The highest BCUT2D eigenvalue weighted by atomic mass is 35.5. The number of rotatable bonds is 6. The zero-order valence-electron chi connectivity index (χ0n) is 11.3. The summed E-state index contributed by atoms with van der Waals surface area (Å²) in [5.41, 5.74) is 2.37. The second kappa shape index (κ2) is 6.62. The number of alkyl halides is 1. The number of methoxy groups -OCH3 is 1. The van der Waals surface area contributed by atoms with Crippen molar-refractivity contribution >= 4 is 11.6 Å². The van der Waals surface area contributed by atoms with E-state index >= 15 is 0 Å². The molecule has 2 rings (SSSR count). The molecule has 0 aliphatic heterocycles. The van der Waals surface area contributed by atoms with Gasteiger partial charge in [0, 0.05) is 18.3 Å². The summed E-state index contributed by atoms with van der Waals surface area (Å²) in [6, 6.07) is 8.13. The first-order valence-electron chi connectivity index (χ1n) is 6.52. The van der Waals surface area contributed by atoms with Gasteiger partial charge in [0.1, 0.15) is 5.75 Å². The number of aromatic nitrogens is 2. The van der Waals surface area contributed by atoms with E-state index in [2.05, 4.69) is 24.2 Å². The predicted octanol–water partition coefficient (Wildman–Crippen LogP) is 3.82. The van der Waals surface area contributed by atoms with Gasteiger partial charge < -0.3 is 4.74 Å². The quantitative estimate of drug-likeness (QED) is 0.751. The van der Waals surface area contributed by atoms with E-state index in [1.807, 2.05) is 29.2 Å². The van der Waals surface area contributed by atoms with E-state index in [-0.39, 0.29) is 5.38 Å². The Morgan fingerprint density at radius 2 is 2.05 bits per heavy atom. The maximum Gasteiger partial charge on any atom is 0.118 e. The molecule has 0 spiro atoms. The molecule has 1 aromatic carbocycles. The third-order valence-electron chi connectivity index (χ3n) is 3.16. The molecule has 19 heavy (non-hydrogen) atoms. The lowest BCUT2D eigenvalue weighted by Gasteiger charge is -2.04. The van der Waals surface area contributed by atoms with Gasteiger partial charge in [-0.25, -0.2) is 0 Å². The molecule has 0 bridgehead atoms. The van der Waals surface area contributed by atoms with Crippen LogP contribution in [0.5, 0.6) is 5.75 Å². The molecular weight excluding hydrogens is 260 g/mol. The lowest BCUT2D eigenvalue weighted by Crippen LogP contribution is -2.01. The molecule has 3 nitrogen and oxygen atoms in total. The number of ether oxygens (including phenoxy) is 1. The van der Waals surface area contributed by atoms with Crippen LogP contribution in [0, 0.1) is 0 Å². The van der Waals surface area contributed by atoms with Gasteiger partial charge in [-0.1, -0.05) is 19.1 Å². The second-order valence-electron chi connectivity index (χ2n) is 4.51. The maximum atomic E-state index is 6.19. The Morgan fingerprint density at radius 3 is 2.68 bits per heavy atom. The van der Waals surface area contributed by atoms with Crippen LogP contribution < -0.4 is 4.74 Å². The zero-order chi connectivity index (χ0) is 13.7. The Labute approximate surface area is 119 Å². The van der Waals surface area contributed by atoms with Gasteiger partial charge in [0.2, 0.25) is 0 Å². The van der Waals surface area contributed by atoms with Gasteiger partial charge in [-0.3, -0.25) is 4.68 Å². The molecule has 1 unspecified atom stereocenters. The van der Waals surface area contributed by atoms with E-state index in [1.165, 1.54) is 5.56 Å². The summed E-state index contributed by atoms with van der Waals surface area (Å²) in [7, 11) is 1.68. The first-order valence-corrected chi connectivity index (χ1v) is 6.96. The van der Waals surface area contributed by atoms with Crippen molar-refractivity contribution in [1.29, 1.82) is 0 Å². The predicted molar refractivity (Wildman–Crippen MR) is 77.8 cm³/mol. The molecule has 0 saturated carbocycles. The summed E-state index contributed by atoms with van der Waals surface area (Å²) in [5.74, 6) is 0.887. The van der Waals surface area contributed by atoms with Gasteiger partial charge in [-0.15, -0.1) is 11.6 Å². The van der Waals surface area contributed by atoms with Crippen LogP contribution in [-0.2, 0) is 13.0 Å². The molecule has 0 aliphatic carbocycles. The Bertz CT molecular complexity index is 507. The fraction of sp³-hybridized carbons (Fsp3) is 0.400. The van der Waals surface area contributed by atoms with Crippen LogP contribution in [-0.4, -0.2) is 16.9 Å². The minimum absolute atomic E-state index is 0.0646. The molecular formula is C15H19ClN2O. The molecule has 1 atom stereocenters. The lowest BCUT2D eigenvalue weighted by molar-refractivity contribution is 0.414. The van der Waals surface area contributed by atoms with Gasteiger partial charge in [-0.2, -0.15) is 5.10 Å². The summed E-state index contributed by atoms with van der Waals surface area (Å²) >= 11 is 6.19. The van der Waals surface area contributed by atoms with Crippen molar-refractivity contribution in [3.05, 3.63) is 47.8 Å². The summed E-state index contributed by atoms with van der Waals surface area (Å²) in [4.78, 5) is 0. The highest BCUT2D eigenvalue weighted by molar-refractivity contribution is 6.20. The largest absolute Gasteiger partial charge is 0.497 e. The smallest absolute Gasteiger partial charge is 0.118 e. The van der Waals surface area contributed by atoms with E-state index in [1.54, 1.807) is 7.11 Å². The topological polar surface area (TPSA) is 27.1 Å². The van der Waals surface area contributed by atoms with Gasteiger partial charge in [-0.05, 0) is 30.5 Å². The molecule has 1 heterocycles. The fourth-order valence-corrected chi connectivity index (χ4v) is 2.05. The molecule has 1 aromatic heterocycles. The van der Waals surface area contributed by atoms with Crippen molar-refractivity contribution in [2.75, 3.05) is 7.11 Å².